The van der Waals surface area contributed by atoms with E-state index in [1.165, 1.54) is 0 Å². The van der Waals surface area contributed by atoms with Crippen molar-refractivity contribution in [2.24, 2.45) is 5.14 Å². The monoisotopic (exact) mass is 462 g/mol. The molecule has 0 radical (unpaired) electrons. The van der Waals surface area contributed by atoms with Crippen LogP contribution in [0.3, 0.4) is 0 Å². The first kappa shape index (κ1) is 23.4. The lowest BCUT2D eigenvalue weighted by Gasteiger charge is -2.17. The van der Waals surface area contributed by atoms with Gasteiger partial charge in [0.25, 0.3) is 10.0 Å². The molecule has 1 aromatic carbocycles. The standard InChI is InChI=1S/C21H23FN4O5S/c1-13(2)15-4-3-5-16(17(15)11-20(27)28)14-6-7-24-19(10-14)31-9-8-26-12-18(22)21(25-26)32(23,29)30/h3-7,10,12-13H,8-9,11H2,1-2H3,(H,27,28)(H2,23,29,30). The van der Waals surface area contributed by atoms with Gasteiger partial charge in [0.15, 0.2) is 5.82 Å². The van der Waals surface area contributed by atoms with Gasteiger partial charge in [0, 0.05) is 12.3 Å². The van der Waals surface area contributed by atoms with Crippen molar-refractivity contribution in [1.29, 1.82) is 0 Å². The third-order valence-corrected chi connectivity index (χ3v) is 5.55. The molecule has 3 N–H and O–H groups in total. The largest absolute Gasteiger partial charge is 0.481 e. The van der Waals surface area contributed by atoms with E-state index in [2.05, 4.69) is 10.1 Å². The molecule has 0 aliphatic heterocycles. The van der Waals surface area contributed by atoms with E-state index in [-0.39, 0.29) is 31.4 Å². The zero-order chi connectivity index (χ0) is 23.5. The highest BCUT2D eigenvalue weighted by Crippen LogP contribution is 2.31. The molecular formula is C21H23FN4O5S. The van der Waals surface area contributed by atoms with Gasteiger partial charge >= 0.3 is 5.97 Å². The summed E-state index contributed by atoms with van der Waals surface area (Å²) < 4.78 is 42.9. The van der Waals surface area contributed by atoms with Gasteiger partial charge in [-0.15, -0.1) is 0 Å². The first-order valence-electron chi connectivity index (χ1n) is 9.75. The Kier molecular flexibility index (Phi) is 6.90. The van der Waals surface area contributed by atoms with Gasteiger partial charge in [-0.25, -0.2) is 22.9 Å². The molecule has 0 fully saturated rings. The minimum absolute atomic E-state index is 0.0374. The van der Waals surface area contributed by atoms with Crippen molar-refractivity contribution >= 4 is 16.0 Å². The normalized spacial score (nSPS) is 11.7. The van der Waals surface area contributed by atoms with E-state index in [1.54, 1.807) is 18.3 Å². The van der Waals surface area contributed by atoms with Gasteiger partial charge in [-0.1, -0.05) is 32.0 Å². The van der Waals surface area contributed by atoms with Crippen LogP contribution in [-0.2, 0) is 27.8 Å². The van der Waals surface area contributed by atoms with Crippen LogP contribution in [-0.4, -0.2) is 40.9 Å². The van der Waals surface area contributed by atoms with Crippen molar-refractivity contribution in [1.82, 2.24) is 14.8 Å². The summed E-state index contributed by atoms with van der Waals surface area (Å²) in [6.07, 6.45) is 2.35. The number of rotatable bonds is 9. The van der Waals surface area contributed by atoms with E-state index in [9.17, 15) is 22.7 Å². The Balaban J connectivity index is 1.80. The predicted molar refractivity (Wildman–Crippen MR) is 114 cm³/mol. The van der Waals surface area contributed by atoms with Crippen molar-refractivity contribution in [3.8, 4) is 17.0 Å². The Morgan fingerprint density at radius 1 is 1.31 bits per heavy atom. The maximum atomic E-state index is 13.7. The molecule has 0 aliphatic carbocycles. The fourth-order valence-electron chi connectivity index (χ4n) is 3.35. The van der Waals surface area contributed by atoms with Crippen LogP contribution in [0.2, 0.25) is 0 Å². The smallest absolute Gasteiger partial charge is 0.307 e. The highest BCUT2D eigenvalue weighted by molar-refractivity contribution is 7.89. The minimum Gasteiger partial charge on any atom is -0.481 e. The van der Waals surface area contributed by atoms with Gasteiger partial charge in [0.2, 0.25) is 10.9 Å². The molecule has 11 heteroatoms. The third-order valence-electron chi connectivity index (χ3n) is 4.73. The molecule has 32 heavy (non-hydrogen) atoms. The molecule has 170 valence electrons. The Hall–Kier alpha value is -3.31. The molecule has 0 saturated heterocycles. The van der Waals surface area contributed by atoms with Crippen LogP contribution >= 0.6 is 0 Å². The fraction of sp³-hybridized carbons (Fsp3) is 0.286. The van der Waals surface area contributed by atoms with Crippen molar-refractivity contribution in [2.45, 2.75) is 37.8 Å². The van der Waals surface area contributed by atoms with Crippen LogP contribution in [0.5, 0.6) is 5.88 Å². The Labute approximate surface area is 184 Å². The number of carboxylic acids is 1. The SMILES string of the molecule is CC(C)c1cccc(-c2ccnc(OCCn3cc(F)c(S(N)(=O)=O)n3)c2)c1CC(=O)O. The van der Waals surface area contributed by atoms with E-state index in [1.807, 2.05) is 32.0 Å². The van der Waals surface area contributed by atoms with Crippen LogP contribution < -0.4 is 9.88 Å². The average Bonchev–Trinajstić information content (AvgIpc) is 3.09. The number of primary sulfonamides is 1. The van der Waals surface area contributed by atoms with Gasteiger partial charge in [0.05, 0.1) is 19.2 Å². The Bertz CT molecular complexity index is 1240. The van der Waals surface area contributed by atoms with Crippen LogP contribution in [0, 0.1) is 5.82 Å². The predicted octanol–water partition coefficient (Wildman–Crippen LogP) is 2.56. The summed E-state index contributed by atoms with van der Waals surface area (Å²) >= 11 is 0. The van der Waals surface area contributed by atoms with Crippen LogP contribution in [0.15, 0.2) is 47.8 Å². The quantitative estimate of drug-likeness (QED) is 0.498. The van der Waals surface area contributed by atoms with Crippen molar-refractivity contribution in [2.75, 3.05) is 6.61 Å². The topological polar surface area (TPSA) is 137 Å². The van der Waals surface area contributed by atoms with E-state index in [0.717, 1.165) is 33.1 Å². The number of aromatic nitrogens is 3. The van der Waals surface area contributed by atoms with Crippen LogP contribution in [0.4, 0.5) is 4.39 Å². The molecule has 0 amide bonds. The number of aliphatic carboxylic acids is 1. The summed E-state index contributed by atoms with van der Waals surface area (Å²) in [5.74, 6) is -1.53. The zero-order valence-corrected chi connectivity index (χ0v) is 18.3. The molecule has 2 aromatic heterocycles. The number of hydrogen-bond donors (Lipinski definition) is 2. The average molecular weight is 463 g/mol. The van der Waals surface area contributed by atoms with Gasteiger partial charge in [-0.3, -0.25) is 9.48 Å². The number of carboxylic acid groups (broad SMARTS) is 1. The highest BCUT2D eigenvalue weighted by atomic mass is 32.2. The lowest BCUT2D eigenvalue weighted by Crippen LogP contribution is -2.15. The summed E-state index contributed by atoms with van der Waals surface area (Å²) in [7, 11) is -4.25. The van der Waals surface area contributed by atoms with Crippen molar-refractivity contribution in [3.63, 3.8) is 0 Å². The summed E-state index contributed by atoms with van der Waals surface area (Å²) in [6.45, 7) is 4.11. The zero-order valence-electron chi connectivity index (χ0n) is 17.5. The van der Waals surface area contributed by atoms with E-state index in [4.69, 9.17) is 9.88 Å². The number of sulfonamides is 1. The number of hydrogen-bond acceptors (Lipinski definition) is 6. The molecule has 2 heterocycles. The molecule has 3 rings (SSSR count). The minimum atomic E-state index is -4.25. The number of benzene rings is 1. The second-order valence-corrected chi connectivity index (χ2v) is 8.90. The molecule has 0 aliphatic rings. The lowest BCUT2D eigenvalue weighted by molar-refractivity contribution is -0.136. The highest BCUT2D eigenvalue weighted by Gasteiger charge is 2.19. The fourth-order valence-corrected chi connectivity index (χ4v) is 3.89. The van der Waals surface area contributed by atoms with Gasteiger partial charge < -0.3 is 9.84 Å². The first-order chi connectivity index (χ1) is 15.1. The lowest BCUT2D eigenvalue weighted by atomic mass is 9.89. The molecule has 0 atom stereocenters. The van der Waals surface area contributed by atoms with Gasteiger partial charge in [0.1, 0.15) is 6.61 Å². The summed E-state index contributed by atoms with van der Waals surface area (Å²) in [6, 6.07) is 9.10. The maximum absolute atomic E-state index is 13.7. The van der Waals surface area contributed by atoms with Crippen LogP contribution in [0.1, 0.15) is 30.9 Å². The van der Waals surface area contributed by atoms with Crippen molar-refractivity contribution in [3.05, 3.63) is 59.7 Å². The number of halogens is 1. The second-order valence-electron chi connectivity index (χ2n) is 7.42. The molecule has 9 nitrogen and oxygen atoms in total. The number of carbonyl (C=O) groups is 1. The first-order valence-corrected chi connectivity index (χ1v) is 11.3. The summed E-state index contributed by atoms with van der Waals surface area (Å²) in [5.41, 5.74) is 3.21. The van der Waals surface area contributed by atoms with Gasteiger partial charge in [-0.05, 0) is 34.2 Å². The molecule has 0 unspecified atom stereocenters. The summed E-state index contributed by atoms with van der Waals surface area (Å²) in [4.78, 5) is 15.6. The Morgan fingerprint density at radius 3 is 2.69 bits per heavy atom. The number of nitrogens with two attached hydrogens (primary N) is 1. The molecule has 0 bridgehead atoms. The molecule has 0 spiro atoms. The van der Waals surface area contributed by atoms with Crippen molar-refractivity contribution < 1.29 is 27.4 Å². The molecule has 0 saturated carbocycles. The van der Waals surface area contributed by atoms with Crippen LogP contribution in [0.25, 0.3) is 11.1 Å². The second kappa shape index (κ2) is 9.45. The van der Waals surface area contributed by atoms with E-state index < -0.39 is 26.8 Å². The van der Waals surface area contributed by atoms with Gasteiger partial charge in [-0.2, -0.15) is 5.10 Å². The van der Waals surface area contributed by atoms with E-state index in [0.29, 0.717) is 0 Å². The third kappa shape index (κ3) is 5.48. The number of nitrogens with zero attached hydrogens (tertiary/aromatic N) is 3. The number of ether oxygens (including phenoxy) is 1. The molecular weight excluding hydrogens is 439 g/mol. The maximum Gasteiger partial charge on any atom is 0.307 e. The Morgan fingerprint density at radius 2 is 2.06 bits per heavy atom. The molecule has 3 aromatic rings. The van der Waals surface area contributed by atoms with E-state index >= 15 is 0 Å². The summed E-state index contributed by atoms with van der Waals surface area (Å²) in [5, 5.41) is 17.1. The number of pyridine rings is 1.